The Balaban J connectivity index is 2.02. The van der Waals surface area contributed by atoms with Crippen molar-refractivity contribution >= 4 is 34.9 Å². The van der Waals surface area contributed by atoms with Crippen LogP contribution in [0.25, 0.3) is 5.82 Å². The molecule has 0 radical (unpaired) electrons. The number of nitrogens with zero attached hydrogens (tertiary/aromatic N) is 3. The molecule has 0 spiro atoms. The van der Waals surface area contributed by atoms with E-state index in [1.807, 2.05) is 24.3 Å². The zero-order valence-corrected chi connectivity index (χ0v) is 16.1. The quantitative estimate of drug-likeness (QED) is 0.676. The van der Waals surface area contributed by atoms with Crippen LogP contribution in [-0.2, 0) is 5.41 Å². The van der Waals surface area contributed by atoms with E-state index in [1.165, 1.54) is 6.07 Å². The summed E-state index contributed by atoms with van der Waals surface area (Å²) in [7, 11) is 0. The van der Waals surface area contributed by atoms with Crippen LogP contribution in [0.15, 0.2) is 48.7 Å². The Kier molecular flexibility index (Phi) is 5.03. The van der Waals surface area contributed by atoms with Crippen molar-refractivity contribution in [2.45, 2.75) is 26.2 Å². The zero-order valence-electron chi connectivity index (χ0n) is 14.6. The molecule has 0 aliphatic rings. The van der Waals surface area contributed by atoms with Crippen LogP contribution in [0.3, 0.4) is 0 Å². The van der Waals surface area contributed by atoms with Crippen molar-refractivity contribution in [2.24, 2.45) is 0 Å². The first-order valence-corrected chi connectivity index (χ1v) is 8.79. The van der Waals surface area contributed by atoms with E-state index in [1.54, 1.807) is 23.0 Å². The third-order valence-corrected chi connectivity index (χ3v) is 4.32. The fourth-order valence-electron chi connectivity index (χ4n) is 2.35. The molecule has 1 amide bonds. The predicted molar refractivity (Wildman–Crippen MR) is 104 cm³/mol. The molecule has 0 aliphatic heterocycles. The summed E-state index contributed by atoms with van der Waals surface area (Å²) in [6.07, 6.45) is 1.67. The van der Waals surface area contributed by atoms with Gasteiger partial charge in [0, 0.05) is 22.7 Å². The van der Waals surface area contributed by atoms with Gasteiger partial charge in [0.1, 0.15) is 5.82 Å². The number of rotatable bonds is 3. The van der Waals surface area contributed by atoms with E-state index in [4.69, 9.17) is 23.2 Å². The molecule has 0 atom stereocenters. The molecule has 0 saturated heterocycles. The van der Waals surface area contributed by atoms with Gasteiger partial charge in [-0.2, -0.15) is 9.78 Å². The standard InChI is InChI=1S/C19H18Cl2N4O/c1-19(2,3)15-11-17(25(24-15)16-6-4-5-9-22-16)23-18(26)13-10-12(20)7-8-14(13)21/h4-11H,1-3H3,(H,23,26). The molecule has 3 aromatic rings. The summed E-state index contributed by atoms with van der Waals surface area (Å²) < 4.78 is 1.61. The highest BCUT2D eigenvalue weighted by molar-refractivity contribution is 6.36. The van der Waals surface area contributed by atoms with Crippen molar-refractivity contribution in [3.63, 3.8) is 0 Å². The van der Waals surface area contributed by atoms with Crippen LogP contribution >= 0.6 is 23.2 Å². The molecule has 26 heavy (non-hydrogen) atoms. The minimum Gasteiger partial charge on any atom is -0.306 e. The predicted octanol–water partition coefficient (Wildman–Crippen LogP) is 5.12. The number of amides is 1. The van der Waals surface area contributed by atoms with Crippen LogP contribution in [0.4, 0.5) is 5.82 Å². The molecule has 0 saturated carbocycles. The molecule has 134 valence electrons. The highest BCUT2D eigenvalue weighted by atomic mass is 35.5. The lowest BCUT2D eigenvalue weighted by molar-refractivity contribution is 0.102. The van der Waals surface area contributed by atoms with Gasteiger partial charge in [0.15, 0.2) is 5.82 Å². The second kappa shape index (κ2) is 7.09. The van der Waals surface area contributed by atoms with Crippen LogP contribution in [0, 0.1) is 0 Å². The number of anilines is 1. The highest BCUT2D eigenvalue weighted by Crippen LogP contribution is 2.27. The van der Waals surface area contributed by atoms with Gasteiger partial charge in [-0.05, 0) is 30.3 Å². The van der Waals surface area contributed by atoms with Gasteiger partial charge in [0.2, 0.25) is 0 Å². The van der Waals surface area contributed by atoms with Crippen LogP contribution in [0.2, 0.25) is 10.0 Å². The first-order valence-electron chi connectivity index (χ1n) is 8.04. The summed E-state index contributed by atoms with van der Waals surface area (Å²) in [5.74, 6) is 0.750. The summed E-state index contributed by atoms with van der Waals surface area (Å²) in [6, 6.07) is 12.1. The number of aromatic nitrogens is 3. The first kappa shape index (κ1) is 18.4. The van der Waals surface area contributed by atoms with E-state index in [9.17, 15) is 4.79 Å². The van der Waals surface area contributed by atoms with Gasteiger partial charge in [0.25, 0.3) is 5.91 Å². The monoisotopic (exact) mass is 388 g/mol. The fourth-order valence-corrected chi connectivity index (χ4v) is 2.72. The molecule has 7 heteroatoms. The van der Waals surface area contributed by atoms with Crippen LogP contribution < -0.4 is 5.32 Å². The van der Waals surface area contributed by atoms with Crippen LogP contribution in [0.1, 0.15) is 36.8 Å². The van der Waals surface area contributed by atoms with Gasteiger partial charge in [-0.25, -0.2) is 4.98 Å². The maximum absolute atomic E-state index is 12.7. The van der Waals surface area contributed by atoms with Gasteiger partial charge in [0.05, 0.1) is 16.3 Å². The molecule has 1 N–H and O–H groups in total. The van der Waals surface area contributed by atoms with E-state index in [0.29, 0.717) is 27.2 Å². The number of halogens is 2. The summed E-state index contributed by atoms with van der Waals surface area (Å²) >= 11 is 12.1. The van der Waals surface area contributed by atoms with Crippen molar-refractivity contribution in [1.29, 1.82) is 0 Å². The third-order valence-electron chi connectivity index (χ3n) is 3.76. The molecule has 0 fully saturated rings. The number of pyridine rings is 1. The highest BCUT2D eigenvalue weighted by Gasteiger charge is 2.22. The number of carbonyl (C=O) groups excluding carboxylic acids is 1. The fraction of sp³-hybridized carbons (Fsp3) is 0.211. The van der Waals surface area contributed by atoms with Gasteiger partial charge in [-0.3, -0.25) is 4.79 Å². The van der Waals surface area contributed by atoms with E-state index in [2.05, 4.69) is 36.2 Å². The Morgan fingerprint density at radius 2 is 1.88 bits per heavy atom. The lowest BCUT2D eigenvalue weighted by atomic mass is 9.92. The zero-order chi connectivity index (χ0) is 18.9. The van der Waals surface area contributed by atoms with Crippen molar-refractivity contribution in [2.75, 3.05) is 5.32 Å². The maximum atomic E-state index is 12.7. The average molecular weight is 389 g/mol. The first-order chi connectivity index (χ1) is 12.3. The van der Waals surface area contributed by atoms with Gasteiger partial charge in [-0.15, -0.1) is 0 Å². The summed E-state index contributed by atoms with van der Waals surface area (Å²) in [5.41, 5.74) is 0.939. The molecule has 5 nitrogen and oxygen atoms in total. The van der Waals surface area contributed by atoms with E-state index in [0.717, 1.165) is 5.69 Å². The van der Waals surface area contributed by atoms with Crippen molar-refractivity contribution in [3.05, 3.63) is 70.0 Å². The normalized spacial score (nSPS) is 11.4. The molecule has 2 heterocycles. The molecule has 2 aromatic heterocycles. The summed E-state index contributed by atoms with van der Waals surface area (Å²) in [4.78, 5) is 17.0. The Morgan fingerprint density at radius 3 is 2.54 bits per heavy atom. The molecule has 0 unspecified atom stereocenters. The Morgan fingerprint density at radius 1 is 1.12 bits per heavy atom. The number of hydrogen-bond acceptors (Lipinski definition) is 3. The van der Waals surface area contributed by atoms with Crippen LogP contribution in [-0.4, -0.2) is 20.7 Å². The largest absolute Gasteiger partial charge is 0.306 e. The Hall–Kier alpha value is -2.37. The average Bonchev–Trinajstić information content (AvgIpc) is 3.02. The maximum Gasteiger partial charge on any atom is 0.258 e. The Bertz CT molecular complexity index is 946. The number of nitrogens with one attached hydrogen (secondary N) is 1. The SMILES string of the molecule is CC(C)(C)c1cc(NC(=O)c2cc(Cl)ccc2Cl)n(-c2ccccn2)n1. The van der Waals surface area contributed by atoms with E-state index in [-0.39, 0.29) is 11.3 Å². The molecule has 0 bridgehead atoms. The number of hydrogen-bond donors (Lipinski definition) is 1. The molecule has 1 aromatic carbocycles. The smallest absolute Gasteiger partial charge is 0.258 e. The van der Waals surface area contributed by atoms with Crippen molar-refractivity contribution < 1.29 is 4.79 Å². The summed E-state index contributed by atoms with van der Waals surface area (Å²) in [6.45, 7) is 6.16. The molecule has 0 aliphatic carbocycles. The minimum atomic E-state index is -0.366. The van der Waals surface area contributed by atoms with E-state index >= 15 is 0 Å². The lowest BCUT2D eigenvalue weighted by Gasteiger charge is -2.13. The summed E-state index contributed by atoms with van der Waals surface area (Å²) in [5, 5.41) is 8.25. The Labute approximate surface area is 162 Å². The second-order valence-corrected chi connectivity index (χ2v) is 7.69. The lowest BCUT2D eigenvalue weighted by Crippen LogP contribution is -2.16. The van der Waals surface area contributed by atoms with E-state index < -0.39 is 0 Å². The van der Waals surface area contributed by atoms with Gasteiger partial charge >= 0.3 is 0 Å². The van der Waals surface area contributed by atoms with Crippen molar-refractivity contribution in [1.82, 2.24) is 14.8 Å². The molecular weight excluding hydrogens is 371 g/mol. The third kappa shape index (κ3) is 3.89. The topological polar surface area (TPSA) is 59.8 Å². The van der Waals surface area contributed by atoms with Gasteiger partial charge < -0.3 is 5.32 Å². The number of benzene rings is 1. The van der Waals surface area contributed by atoms with Crippen molar-refractivity contribution in [3.8, 4) is 5.82 Å². The minimum absolute atomic E-state index is 0.187. The second-order valence-electron chi connectivity index (χ2n) is 6.84. The molecule has 3 rings (SSSR count). The van der Waals surface area contributed by atoms with Gasteiger partial charge in [-0.1, -0.05) is 50.0 Å². The van der Waals surface area contributed by atoms with Crippen LogP contribution in [0.5, 0.6) is 0 Å². The number of carbonyl (C=O) groups is 1. The molecular formula is C19H18Cl2N4O.